The molecule has 126 valence electrons. The van der Waals surface area contributed by atoms with Gasteiger partial charge in [-0.1, -0.05) is 33.6 Å². The van der Waals surface area contributed by atoms with Gasteiger partial charge in [-0.05, 0) is 12.8 Å². The van der Waals surface area contributed by atoms with Gasteiger partial charge in [0.25, 0.3) is 5.12 Å². The molecule has 0 aliphatic heterocycles. The number of amides is 1. The third-order valence-electron chi connectivity index (χ3n) is 3.04. The molecule has 0 saturated heterocycles. The zero-order valence-electron chi connectivity index (χ0n) is 12.3. The van der Waals surface area contributed by atoms with E-state index in [0.717, 1.165) is 12.8 Å². The first kappa shape index (κ1) is 20.3. The zero-order valence-corrected chi connectivity index (χ0v) is 13.2. The van der Waals surface area contributed by atoms with E-state index in [4.69, 9.17) is 0 Å². The summed E-state index contributed by atoms with van der Waals surface area (Å²) in [5.74, 6) is -1.22. The number of unbranched alkanes of at least 4 members (excludes halogenated alkanes) is 1. The first-order valence-electron chi connectivity index (χ1n) is 6.87. The molecule has 0 heterocycles. The molecule has 0 aromatic carbocycles. The van der Waals surface area contributed by atoms with Crippen LogP contribution in [0.15, 0.2) is 0 Å². The lowest BCUT2D eigenvalue weighted by Gasteiger charge is -2.27. The molecule has 0 aromatic heterocycles. The summed E-state index contributed by atoms with van der Waals surface area (Å²) >= 11 is 0. The van der Waals surface area contributed by atoms with Crippen LogP contribution < -0.4 is 10.0 Å². The first-order valence-corrected chi connectivity index (χ1v) is 8.01. The van der Waals surface area contributed by atoms with Gasteiger partial charge in [-0.3, -0.25) is 4.79 Å². The van der Waals surface area contributed by atoms with Crippen molar-refractivity contribution in [3.8, 4) is 0 Å². The Labute approximate surface area is 124 Å². The predicted octanol–water partition coefficient (Wildman–Crippen LogP) is 3.13. The van der Waals surface area contributed by atoms with E-state index in [1.807, 2.05) is 12.2 Å². The second-order valence-corrected chi connectivity index (χ2v) is 6.08. The summed E-state index contributed by atoms with van der Waals surface area (Å²) in [6, 6.07) is 0. The van der Waals surface area contributed by atoms with Gasteiger partial charge >= 0.3 is 6.30 Å². The van der Waals surface area contributed by atoms with Crippen LogP contribution in [0.1, 0.15) is 52.9 Å². The Bertz CT molecular complexity index is 366. The van der Waals surface area contributed by atoms with Crippen LogP contribution in [-0.2, 0) is 15.8 Å². The van der Waals surface area contributed by atoms with Crippen LogP contribution in [0.2, 0.25) is 0 Å². The molecule has 3 atom stereocenters. The molecule has 0 aliphatic carbocycles. The van der Waals surface area contributed by atoms with Crippen LogP contribution in [0.3, 0.4) is 0 Å². The summed E-state index contributed by atoms with van der Waals surface area (Å²) in [5, 5.41) is -1.10. The lowest BCUT2D eigenvalue weighted by Crippen LogP contribution is -2.55. The van der Waals surface area contributed by atoms with E-state index in [0.29, 0.717) is 17.6 Å². The fourth-order valence-corrected chi connectivity index (χ4v) is 2.54. The summed E-state index contributed by atoms with van der Waals surface area (Å²) in [4.78, 5) is 11.9. The molecule has 0 saturated carbocycles. The Kier molecular flexibility index (Phi) is 8.38. The molecule has 0 aromatic rings. The van der Waals surface area contributed by atoms with E-state index < -0.39 is 40.7 Å². The predicted molar refractivity (Wildman–Crippen MR) is 72.9 cm³/mol. The van der Waals surface area contributed by atoms with E-state index >= 15 is 0 Å². The Morgan fingerprint density at radius 3 is 2.14 bits per heavy atom. The number of hydrogen-bond donors (Lipinski definition) is 2. The topological polar surface area (TPSA) is 58.2 Å². The highest BCUT2D eigenvalue weighted by Crippen LogP contribution is 2.22. The largest absolute Gasteiger partial charge is 0.468 e. The monoisotopic (exact) mass is 334 g/mol. The minimum atomic E-state index is -4.99. The highest BCUT2D eigenvalue weighted by Gasteiger charge is 2.43. The van der Waals surface area contributed by atoms with Crippen LogP contribution in [-0.4, -0.2) is 21.5 Å². The Balaban J connectivity index is 4.86. The SMILES string of the molecule is CCCCC(CC)C(=O)NC(F)(CC)S(=O)NC(F)(F)F. The third-order valence-corrected chi connectivity index (χ3v) is 4.43. The van der Waals surface area contributed by atoms with E-state index in [1.54, 1.807) is 6.92 Å². The van der Waals surface area contributed by atoms with Crippen LogP contribution in [0.5, 0.6) is 0 Å². The zero-order chi connectivity index (χ0) is 16.7. The van der Waals surface area contributed by atoms with Crippen LogP contribution in [0.25, 0.3) is 0 Å². The van der Waals surface area contributed by atoms with Gasteiger partial charge in [0, 0.05) is 12.3 Å². The van der Waals surface area contributed by atoms with Crippen LogP contribution in [0.4, 0.5) is 17.6 Å². The van der Waals surface area contributed by atoms with Crippen molar-refractivity contribution < 1.29 is 26.6 Å². The van der Waals surface area contributed by atoms with E-state index in [-0.39, 0.29) is 0 Å². The summed E-state index contributed by atoms with van der Waals surface area (Å²) in [6.45, 7) is 4.87. The standard InChI is InChI=1S/C12H22F4N2O2S/c1-4-7-8-9(5-2)10(19)17-11(13,6-3)21(20)18-12(14,15)16/h9,18H,4-8H2,1-3H3,(H,17,19). The van der Waals surface area contributed by atoms with E-state index in [9.17, 15) is 26.6 Å². The fraction of sp³-hybridized carbons (Fsp3) is 0.917. The van der Waals surface area contributed by atoms with Crippen molar-refractivity contribution in [3.05, 3.63) is 0 Å². The highest BCUT2D eigenvalue weighted by molar-refractivity contribution is 7.84. The van der Waals surface area contributed by atoms with Crippen molar-refractivity contribution in [3.63, 3.8) is 0 Å². The van der Waals surface area contributed by atoms with Gasteiger partial charge in [-0.25, -0.2) is 8.60 Å². The minimum absolute atomic E-state index is 0.435. The smallest absolute Gasteiger partial charge is 0.312 e. The van der Waals surface area contributed by atoms with Crippen molar-refractivity contribution >= 4 is 16.9 Å². The Morgan fingerprint density at radius 1 is 1.19 bits per heavy atom. The molecule has 9 heteroatoms. The average molecular weight is 334 g/mol. The molecule has 21 heavy (non-hydrogen) atoms. The van der Waals surface area contributed by atoms with Gasteiger partial charge in [0.1, 0.15) is 0 Å². The minimum Gasteiger partial charge on any atom is -0.312 e. The summed E-state index contributed by atoms with van der Waals surface area (Å²) in [6.07, 6.45) is -2.99. The number of nitrogens with one attached hydrogen (secondary N) is 2. The second kappa shape index (κ2) is 8.67. The van der Waals surface area contributed by atoms with Crippen molar-refractivity contribution in [2.24, 2.45) is 5.92 Å². The number of rotatable bonds is 9. The lowest BCUT2D eigenvalue weighted by atomic mass is 9.98. The van der Waals surface area contributed by atoms with Gasteiger partial charge in [0.05, 0.1) is 0 Å². The molecule has 1 amide bonds. The van der Waals surface area contributed by atoms with Crippen LogP contribution >= 0.6 is 0 Å². The summed E-state index contributed by atoms with van der Waals surface area (Å²) in [7, 11) is -3.11. The summed E-state index contributed by atoms with van der Waals surface area (Å²) < 4.78 is 62.8. The molecule has 0 aliphatic rings. The van der Waals surface area contributed by atoms with Gasteiger partial charge in [0.2, 0.25) is 5.91 Å². The molecule has 4 nitrogen and oxygen atoms in total. The molecule has 3 unspecified atom stereocenters. The van der Waals surface area contributed by atoms with Gasteiger partial charge in [0.15, 0.2) is 11.0 Å². The number of alkyl halides is 4. The maximum atomic E-state index is 14.3. The number of carbonyl (C=O) groups is 1. The third kappa shape index (κ3) is 7.21. The second-order valence-electron chi connectivity index (χ2n) is 4.69. The number of carbonyl (C=O) groups excluding carboxylic acids is 1. The van der Waals surface area contributed by atoms with Crippen LogP contribution in [0, 0.1) is 5.92 Å². The van der Waals surface area contributed by atoms with Gasteiger partial charge < -0.3 is 5.32 Å². The normalized spacial score (nSPS) is 17.9. The maximum absolute atomic E-state index is 14.3. The van der Waals surface area contributed by atoms with Crippen molar-refractivity contribution in [1.82, 2.24) is 10.0 Å². The number of hydrogen-bond acceptors (Lipinski definition) is 2. The Morgan fingerprint density at radius 2 is 1.76 bits per heavy atom. The average Bonchev–Trinajstić information content (AvgIpc) is 2.37. The number of halogens is 4. The maximum Gasteiger partial charge on any atom is 0.468 e. The first-order chi connectivity index (χ1) is 9.59. The molecule has 0 radical (unpaired) electrons. The van der Waals surface area contributed by atoms with E-state index in [1.165, 1.54) is 6.92 Å². The van der Waals surface area contributed by atoms with Crippen molar-refractivity contribution in [2.75, 3.05) is 0 Å². The van der Waals surface area contributed by atoms with Gasteiger partial charge in [-0.2, -0.15) is 13.2 Å². The van der Waals surface area contributed by atoms with Crippen molar-refractivity contribution in [2.45, 2.75) is 64.3 Å². The molecule has 0 bridgehead atoms. The van der Waals surface area contributed by atoms with Gasteiger partial charge in [-0.15, -0.1) is 4.72 Å². The molecular weight excluding hydrogens is 312 g/mol. The fourth-order valence-electron chi connectivity index (χ4n) is 1.71. The quantitative estimate of drug-likeness (QED) is 0.503. The molecule has 0 rings (SSSR count). The lowest BCUT2D eigenvalue weighted by molar-refractivity contribution is -0.139. The molecular formula is C12H22F4N2O2S. The van der Waals surface area contributed by atoms with E-state index in [2.05, 4.69) is 0 Å². The summed E-state index contributed by atoms with van der Waals surface area (Å²) in [5.41, 5.74) is 0. The van der Waals surface area contributed by atoms with Crippen molar-refractivity contribution in [1.29, 1.82) is 0 Å². The molecule has 0 fully saturated rings. The highest BCUT2D eigenvalue weighted by atomic mass is 32.2. The molecule has 2 N–H and O–H groups in total. The Hall–Kier alpha value is -0.700. The molecule has 0 spiro atoms.